The molecule has 3 nitrogen and oxygen atoms in total. The lowest BCUT2D eigenvalue weighted by Gasteiger charge is -2.37. The first-order chi connectivity index (χ1) is 9.17. The average Bonchev–Trinajstić information content (AvgIpc) is 2.41. The van der Waals surface area contributed by atoms with Gasteiger partial charge in [-0.25, -0.2) is 0 Å². The van der Waals surface area contributed by atoms with Crippen LogP contribution in [0.1, 0.15) is 45.1 Å². The van der Waals surface area contributed by atoms with Crippen molar-refractivity contribution >= 4 is 0 Å². The van der Waals surface area contributed by atoms with Crippen LogP contribution < -0.4 is 4.74 Å². The van der Waals surface area contributed by atoms with Gasteiger partial charge in [-0.2, -0.15) is 0 Å². The largest absolute Gasteiger partial charge is 0.494 e. The highest BCUT2D eigenvalue weighted by molar-refractivity contribution is 5.29. The molecular formula is C16H24O3. The van der Waals surface area contributed by atoms with Crippen molar-refractivity contribution < 1.29 is 14.2 Å². The average molecular weight is 264 g/mol. The Kier molecular flexibility index (Phi) is 4.83. The molecule has 1 heterocycles. The number of rotatable bonds is 5. The summed E-state index contributed by atoms with van der Waals surface area (Å²) >= 11 is 0. The van der Waals surface area contributed by atoms with E-state index in [-0.39, 0.29) is 0 Å². The summed E-state index contributed by atoms with van der Waals surface area (Å²) in [5, 5.41) is 0. The maximum Gasteiger partial charge on any atom is 0.165 e. The van der Waals surface area contributed by atoms with E-state index in [4.69, 9.17) is 14.2 Å². The van der Waals surface area contributed by atoms with Crippen molar-refractivity contribution in [3.63, 3.8) is 0 Å². The van der Waals surface area contributed by atoms with Crippen LogP contribution in [0.3, 0.4) is 0 Å². The lowest BCUT2D eigenvalue weighted by atomic mass is 9.99. The van der Waals surface area contributed by atoms with Gasteiger partial charge in [0, 0.05) is 12.3 Å². The van der Waals surface area contributed by atoms with E-state index < -0.39 is 5.79 Å². The predicted molar refractivity (Wildman–Crippen MR) is 75.6 cm³/mol. The van der Waals surface area contributed by atoms with Crippen LogP contribution in [0.15, 0.2) is 24.3 Å². The van der Waals surface area contributed by atoms with Gasteiger partial charge in [0.15, 0.2) is 5.79 Å². The van der Waals surface area contributed by atoms with E-state index in [2.05, 4.69) is 19.1 Å². The third-order valence-corrected chi connectivity index (χ3v) is 3.55. The Morgan fingerprint density at radius 2 is 1.79 bits per heavy atom. The van der Waals surface area contributed by atoms with Crippen LogP contribution in [0.2, 0.25) is 0 Å². The lowest BCUT2D eigenvalue weighted by molar-refractivity contribution is -0.265. The normalized spacial score (nSPS) is 27.2. The molecule has 0 aliphatic carbocycles. The van der Waals surface area contributed by atoms with Gasteiger partial charge in [-0.05, 0) is 31.5 Å². The Labute approximate surface area is 115 Å². The van der Waals surface area contributed by atoms with Gasteiger partial charge in [0.05, 0.1) is 19.8 Å². The van der Waals surface area contributed by atoms with Gasteiger partial charge in [-0.15, -0.1) is 0 Å². The van der Waals surface area contributed by atoms with Crippen LogP contribution in [0.4, 0.5) is 0 Å². The molecule has 0 N–H and O–H groups in total. The summed E-state index contributed by atoms with van der Waals surface area (Å²) in [4.78, 5) is 0. The van der Waals surface area contributed by atoms with E-state index in [1.54, 1.807) is 0 Å². The highest BCUT2D eigenvalue weighted by Crippen LogP contribution is 2.31. The number of hydrogen-bond acceptors (Lipinski definition) is 3. The van der Waals surface area contributed by atoms with Gasteiger partial charge in [0.25, 0.3) is 0 Å². The van der Waals surface area contributed by atoms with Crippen LogP contribution in [0.25, 0.3) is 0 Å². The molecule has 1 aliphatic heterocycles. The Balaban J connectivity index is 1.93. The minimum Gasteiger partial charge on any atom is -0.494 e. The first kappa shape index (κ1) is 14.4. The molecule has 0 unspecified atom stereocenters. The van der Waals surface area contributed by atoms with E-state index in [0.29, 0.717) is 12.5 Å². The molecule has 0 atom stereocenters. The Bertz CT molecular complexity index is 377. The van der Waals surface area contributed by atoms with Gasteiger partial charge in [-0.1, -0.05) is 25.5 Å². The minimum atomic E-state index is -0.392. The molecule has 0 bridgehead atoms. The van der Waals surface area contributed by atoms with Crippen molar-refractivity contribution in [1.82, 2.24) is 0 Å². The molecule has 106 valence electrons. The molecule has 2 rings (SSSR count). The molecular weight excluding hydrogens is 240 g/mol. The third-order valence-electron chi connectivity index (χ3n) is 3.55. The first-order valence-electron chi connectivity index (χ1n) is 7.17. The SMILES string of the molecule is CCCC1(C)OCC(c2ccc(OCC)cc2)CO1. The molecule has 1 aromatic carbocycles. The van der Waals surface area contributed by atoms with Crippen molar-refractivity contribution in [3.8, 4) is 5.75 Å². The summed E-state index contributed by atoms with van der Waals surface area (Å²) in [5.41, 5.74) is 1.25. The molecule has 0 aromatic heterocycles. The molecule has 1 saturated heterocycles. The van der Waals surface area contributed by atoms with Crippen molar-refractivity contribution in [3.05, 3.63) is 29.8 Å². The molecule has 0 spiro atoms. The predicted octanol–water partition coefficient (Wildman–Crippen LogP) is 3.73. The minimum absolute atomic E-state index is 0.320. The van der Waals surface area contributed by atoms with Crippen LogP contribution in [0, 0.1) is 0 Å². The van der Waals surface area contributed by atoms with Gasteiger partial charge in [0.1, 0.15) is 5.75 Å². The van der Waals surface area contributed by atoms with Gasteiger partial charge in [0.2, 0.25) is 0 Å². The number of hydrogen-bond donors (Lipinski definition) is 0. The topological polar surface area (TPSA) is 27.7 Å². The maximum absolute atomic E-state index is 5.90. The molecule has 1 fully saturated rings. The molecule has 1 aromatic rings. The number of ether oxygens (including phenoxy) is 3. The van der Waals surface area contributed by atoms with Gasteiger partial charge in [-0.3, -0.25) is 0 Å². The smallest absolute Gasteiger partial charge is 0.165 e. The quantitative estimate of drug-likeness (QED) is 0.811. The monoisotopic (exact) mass is 264 g/mol. The van der Waals surface area contributed by atoms with Crippen molar-refractivity contribution in [1.29, 1.82) is 0 Å². The summed E-state index contributed by atoms with van der Waals surface area (Å²) in [6.45, 7) is 8.33. The summed E-state index contributed by atoms with van der Waals surface area (Å²) in [6.07, 6.45) is 2.02. The highest BCUT2D eigenvalue weighted by Gasteiger charge is 2.32. The van der Waals surface area contributed by atoms with E-state index in [0.717, 1.165) is 31.8 Å². The second-order valence-corrected chi connectivity index (χ2v) is 5.20. The maximum atomic E-state index is 5.90. The van der Waals surface area contributed by atoms with E-state index in [9.17, 15) is 0 Å². The van der Waals surface area contributed by atoms with Crippen molar-refractivity contribution in [2.75, 3.05) is 19.8 Å². The van der Waals surface area contributed by atoms with E-state index in [1.807, 2.05) is 26.0 Å². The Morgan fingerprint density at radius 3 is 2.32 bits per heavy atom. The molecule has 1 aliphatic rings. The van der Waals surface area contributed by atoms with Crippen LogP contribution in [0.5, 0.6) is 5.75 Å². The Hall–Kier alpha value is -1.06. The molecule has 3 heteroatoms. The highest BCUT2D eigenvalue weighted by atomic mass is 16.7. The fourth-order valence-electron chi connectivity index (χ4n) is 2.44. The lowest BCUT2D eigenvalue weighted by Crippen LogP contribution is -2.40. The zero-order valence-corrected chi connectivity index (χ0v) is 12.1. The van der Waals surface area contributed by atoms with Crippen molar-refractivity contribution in [2.45, 2.75) is 45.3 Å². The van der Waals surface area contributed by atoms with Gasteiger partial charge < -0.3 is 14.2 Å². The Morgan fingerprint density at radius 1 is 1.16 bits per heavy atom. The van der Waals surface area contributed by atoms with Crippen LogP contribution in [-0.2, 0) is 9.47 Å². The number of benzene rings is 1. The van der Waals surface area contributed by atoms with Crippen LogP contribution in [-0.4, -0.2) is 25.6 Å². The fourth-order valence-corrected chi connectivity index (χ4v) is 2.44. The van der Waals surface area contributed by atoms with E-state index in [1.165, 1.54) is 5.56 Å². The summed E-state index contributed by atoms with van der Waals surface area (Å²) in [6, 6.07) is 8.23. The molecule has 0 saturated carbocycles. The molecule has 0 amide bonds. The van der Waals surface area contributed by atoms with Crippen LogP contribution >= 0.6 is 0 Å². The standard InChI is InChI=1S/C16H24O3/c1-4-10-16(3)18-11-14(12-19-16)13-6-8-15(9-7-13)17-5-2/h6-9,14H,4-5,10-12H2,1-3H3. The summed E-state index contributed by atoms with van der Waals surface area (Å²) in [5.74, 6) is 0.844. The third kappa shape index (κ3) is 3.71. The first-order valence-corrected chi connectivity index (χ1v) is 7.17. The molecule has 19 heavy (non-hydrogen) atoms. The zero-order valence-electron chi connectivity index (χ0n) is 12.1. The second kappa shape index (κ2) is 6.40. The zero-order chi connectivity index (χ0) is 13.7. The van der Waals surface area contributed by atoms with Crippen molar-refractivity contribution in [2.24, 2.45) is 0 Å². The fraction of sp³-hybridized carbons (Fsp3) is 0.625. The molecule has 0 radical (unpaired) electrons. The van der Waals surface area contributed by atoms with E-state index >= 15 is 0 Å². The van der Waals surface area contributed by atoms with Gasteiger partial charge >= 0.3 is 0 Å². The summed E-state index contributed by atoms with van der Waals surface area (Å²) in [7, 11) is 0. The second-order valence-electron chi connectivity index (χ2n) is 5.20. The summed E-state index contributed by atoms with van der Waals surface area (Å²) < 4.78 is 17.2.